The van der Waals surface area contributed by atoms with Crippen LogP contribution in [0.25, 0.3) is 0 Å². The zero-order chi connectivity index (χ0) is 10.9. The van der Waals surface area contributed by atoms with Gasteiger partial charge in [0.15, 0.2) is 0 Å². The lowest BCUT2D eigenvalue weighted by molar-refractivity contribution is 0.244. The number of hydrogen-bond acceptors (Lipinski definition) is 2. The molecule has 1 saturated heterocycles. The molecule has 1 heterocycles. The summed E-state index contributed by atoms with van der Waals surface area (Å²) < 4.78 is 0. The van der Waals surface area contributed by atoms with Crippen molar-refractivity contribution < 1.29 is 0 Å². The summed E-state index contributed by atoms with van der Waals surface area (Å²) in [5, 5.41) is 3.47. The van der Waals surface area contributed by atoms with Gasteiger partial charge >= 0.3 is 0 Å². The molecule has 1 saturated carbocycles. The average Bonchev–Trinajstić information content (AvgIpc) is 2.77. The molecular formula is C13H26N2. The molecule has 1 aliphatic carbocycles. The topological polar surface area (TPSA) is 15.3 Å². The van der Waals surface area contributed by atoms with Crippen LogP contribution in [-0.2, 0) is 0 Å². The van der Waals surface area contributed by atoms with Crippen molar-refractivity contribution in [2.45, 2.75) is 33.1 Å². The highest BCUT2D eigenvalue weighted by molar-refractivity contribution is 5.05. The van der Waals surface area contributed by atoms with E-state index in [4.69, 9.17) is 0 Å². The normalized spacial score (nSPS) is 29.0. The largest absolute Gasteiger partial charge is 0.317 e. The van der Waals surface area contributed by atoms with Crippen molar-refractivity contribution in [2.75, 3.05) is 33.2 Å². The Morgan fingerprint density at radius 1 is 1.33 bits per heavy atom. The van der Waals surface area contributed by atoms with Crippen molar-refractivity contribution in [3.05, 3.63) is 0 Å². The van der Waals surface area contributed by atoms with E-state index in [-0.39, 0.29) is 0 Å². The molecule has 0 bridgehead atoms. The van der Waals surface area contributed by atoms with Crippen molar-refractivity contribution in [2.24, 2.45) is 17.3 Å². The first-order chi connectivity index (χ1) is 7.12. The number of nitrogens with zero attached hydrogens (tertiary/aromatic N) is 1. The van der Waals surface area contributed by atoms with E-state index in [1.807, 2.05) is 0 Å². The van der Waals surface area contributed by atoms with Crippen LogP contribution in [0, 0.1) is 17.3 Å². The summed E-state index contributed by atoms with van der Waals surface area (Å²) in [4.78, 5) is 2.53. The molecule has 2 nitrogen and oxygen atoms in total. The Kier molecular flexibility index (Phi) is 3.36. The Hall–Kier alpha value is -0.0800. The van der Waals surface area contributed by atoms with Crippen molar-refractivity contribution in [3.8, 4) is 0 Å². The number of nitrogens with one attached hydrogen (secondary N) is 1. The summed E-state index contributed by atoms with van der Waals surface area (Å²) in [6.45, 7) is 9.71. The first-order valence-corrected chi connectivity index (χ1v) is 6.52. The molecule has 0 aromatic heterocycles. The van der Waals surface area contributed by atoms with Crippen LogP contribution in [0.3, 0.4) is 0 Å². The van der Waals surface area contributed by atoms with Crippen LogP contribution in [-0.4, -0.2) is 38.1 Å². The van der Waals surface area contributed by atoms with Crippen LogP contribution in [0.4, 0.5) is 0 Å². The number of rotatable bonds is 4. The highest BCUT2D eigenvalue weighted by Crippen LogP contribution is 2.58. The van der Waals surface area contributed by atoms with Crippen molar-refractivity contribution in [3.63, 3.8) is 0 Å². The van der Waals surface area contributed by atoms with Gasteiger partial charge in [-0.25, -0.2) is 0 Å². The molecule has 1 unspecified atom stereocenters. The quantitative estimate of drug-likeness (QED) is 0.763. The second-order valence-electron chi connectivity index (χ2n) is 6.13. The van der Waals surface area contributed by atoms with Gasteiger partial charge in [-0.15, -0.1) is 0 Å². The lowest BCUT2D eigenvalue weighted by atomic mass is 9.92. The predicted octanol–water partition coefficient (Wildman–Crippen LogP) is 1.96. The van der Waals surface area contributed by atoms with Gasteiger partial charge in [0, 0.05) is 13.1 Å². The minimum absolute atomic E-state index is 0.760. The molecule has 0 aromatic rings. The van der Waals surface area contributed by atoms with Crippen LogP contribution in [0.5, 0.6) is 0 Å². The Morgan fingerprint density at radius 2 is 2.00 bits per heavy atom. The van der Waals surface area contributed by atoms with E-state index in [2.05, 4.69) is 31.1 Å². The Morgan fingerprint density at radius 3 is 2.60 bits per heavy atom. The SMILES string of the molecule is CC(C)CN(C)CC1CC12CCNCC2. The number of hydrogen-bond donors (Lipinski definition) is 1. The Bertz CT molecular complexity index is 207. The molecule has 1 N–H and O–H groups in total. The molecule has 2 heteroatoms. The molecule has 2 fully saturated rings. The van der Waals surface area contributed by atoms with E-state index >= 15 is 0 Å². The molecule has 0 radical (unpaired) electrons. The van der Waals surface area contributed by atoms with Gasteiger partial charge in [0.05, 0.1) is 0 Å². The van der Waals surface area contributed by atoms with Crippen LogP contribution in [0.15, 0.2) is 0 Å². The van der Waals surface area contributed by atoms with E-state index in [1.54, 1.807) is 0 Å². The standard InChI is InChI=1S/C13H26N2/c1-11(2)9-15(3)10-12-8-13(12)4-6-14-7-5-13/h11-12,14H,4-10H2,1-3H3. The lowest BCUT2D eigenvalue weighted by Crippen LogP contribution is -2.32. The fourth-order valence-electron chi connectivity index (χ4n) is 3.30. The van der Waals surface area contributed by atoms with E-state index in [0.29, 0.717) is 0 Å². The highest BCUT2D eigenvalue weighted by Gasteiger charge is 2.53. The summed E-state index contributed by atoms with van der Waals surface area (Å²) in [6, 6.07) is 0. The highest BCUT2D eigenvalue weighted by atomic mass is 15.1. The predicted molar refractivity (Wildman–Crippen MR) is 65.0 cm³/mol. The second-order valence-corrected chi connectivity index (χ2v) is 6.13. The smallest absolute Gasteiger partial charge is 0.00123 e. The molecule has 0 amide bonds. The van der Waals surface area contributed by atoms with Gasteiger partial charge in [-0.05, 0) is 56.7 Å². The molecule has 0 aromatic carbocycles. The zero-order valence-electron chi connectivity index (χ0n) is 10.6. The second kappa shape index (κ2) is 4.42. The van der Waals surface area contributed by atoms with Crippen LogP contribution >= 0.6 is 0 Å². The van der Waals surface area contributed by atoms with Gasteiger partial charge in [-0.2, -0.15) is 0 Å². The molecule has 88 valence electrons. The van der Waals surface area contributed by atoms with Crippen LogP contribution in [0.2, 0.25) is 0 Å². The van der Waals surface area contributed by atoms with Gasteiger partial charge in [-0.3, -0.25) is 0 Å². The van der Waals surface area contributed by atoms with Gasteiger partial charge in [0.2, 0.25) is 0 Å². The Labute approximate surface area is 94.4 Å². The lowest BCUT2D eigenvalue weighted by Gasteiger charge is -2.26. The third-order valence-electron chi connectivity index (χ3n) is 4.17. The van der Waals surface area contributed by atoms with Gasteiger partial charge < -0.3 is 10.2 Å². The molecule has 2 aliphatic rings. The fraction of sp³-hybridized carbons (Fsp3) is 1.00. The molecular weight excluding hydrogens is 184 g/mol. The van der Waals surface area contributed by atoms with Crippen LogP contribution in [0.1, 0.15) is 33.1 Å². The molecule has 1 spiro atoms. The zero-order valence-corrected chi connectivity index (χ0v) is 10.6. The summed E-state index contributed by atoms with van der Waals surface area (Å²) in [7, 11) is 2.28. The maximum Gasteiger partial charge on any atom is 0.00123 e. The average molecular weight is 210 g/mol. The van der Waals surface area contributed by atoms with Gasteiger partial charge in [0.25, 0.3) is 0 Å². The van der Waals surface area contributed by atoms with Crippen LogP contribution < -0.4 is 5.32 Å². The first kappa shape index (κ1) is 11.4. The maximum atomic E-state index is 3.47. The molecule has 2 rings (SSSR count). The van der Waals surface area contributed by atoms with Gasteiger partial charge in [-0.1, -0.05) is 13.8 Å². The first-order valence-electron chi connectivity index (χ1n) is 6.52. The summed E-state index contributed by atoms with van der Waals surface area (Å²) in [5.74, 6) is 1.81. The third kappa shape index (κ3) is 2.73. The van der Waals surface area contributed by atoms with Gasteiger partial charge in [0.1, 0.15) is 0 Å². The maximum absolute atomic E-state index is 3.47. The molecule has 1 aliphatic heterocycles. The molecule has 1 atom stereocenters. The van der Waals surface area contributed by atoms with E-state index in [1.165, 1.54) is 45.4 Å². The van der Waals surface area contributed by atoms with Crippen molar-refractivity contribution >= 4 is 0 Å². The van der Waals surface area contributed by atoms with E-state index < -0.39 is 0 Å². The minimum Gasteiger partial charge on any atom is -0.317 e. The summed E-state index contributed by atoms with van der Waals surface area (Å²) in [5.41, 5.74) is 0.760. The minimum atomic E-state index is 0.760. The number of piperidine rings is 1. The fourth-order valence-corrected chi connectivity index (χ4v) is 3.30. The monoisotopic (exact) mass is 210 g/mol. The van der Waals surface area contributed by atoms with Crippen molar-refractivity contribution in [1.29, 1.82) is 0 Å². The summed E-state index contributed by atoms with van der Waals surface area (Å²) >= 11 is 0. The third-order valence-corrected chi connectivity index (χ3v) is 4.17. The van der Waals surface area contributed by atoms with E-state index in [0.717, 1.165) is 17.3 Å². The summed E-state index contributed by atoms with van der Waals surface area (Å²) in [6.07, 6.45) is 4.34. The molecule has 15 heavy (non-hydrogen) atoms. The van der Waals surface area contributed by atoms with Crippen molar-refractivity contribution in [1.82, 2.24) is 10.2 Å². The Balaban J connectivity index is 1.73. The van der Waals surface area contributed by atoms with E-state index in [9.17, 15) is 0 Å².